The third kappa shape index (κ3) is 4.14. The van der Waals surface area contributed by atoms with E-state index in [0.29, 0.717) is 24.4 Å². The molecule has 6 heteroatoms. The van der Waals surface area contributed by atoms with Gasteiger partial charge >= 0.3 is 0 Å². The van der Waals surface area contributed by atoms with E-state index in [1.807, 2.05) is 18.3 Å². The quantitative estimate of drug-likeness (QED) is 0.868. The second-order valence-corrected chi connectivity index (χ2v) is 4.04. The number of nitrogens with one attached hydrogen (secondary N) is 1. The van der Waals surface area contributed by atoms with Crippen molar-refractivity contribution in [2.75, 3.05) is 11.9 Å². The minimum Gasteiger partial charge on any atom is -0.479 e. The number of amides is 1. The van der Waals surface area contributed by atoms with Gasteiger partial charge in [0.15, 0.2) is 6.61 Å². The van der Waals surface area contributed by atoms with Crippen molar-refractivity contribution in [3.8, 4) is 11.8 Å². The fourth-order valence-electron chi connectivity index (χ4n) is 1.65. The molecule has 0 spiro atoms. The van der Waals surface area contributed by atoms with E-state index in [1.54, 1.807) is 35.1 Å². The number of ether oxygens (including phenoxy) is 1. The summed E-state index contributed by atoms with van der Waals surface area (Å²) in [5.41, 5.74) is 0.644. The van der Waals surface area contributed by atoms with Gasteiger partial charge < -0.3 is 10.1 Å². The number of hydrogen-bond donors (Lipinski definition) is 1. The number of hydrogen-bond acceptors (Lipinski definition) is 4. The van der Waals surface area contributed by atoms with E-state index in [2.05, 4.69) is 10.4 Å². The maximum Gasteiger partial charge on any atom is 0.226 e. The number of anilines is 1. The number of nitriles is 1. The van der Waals surface area contributed by atoms with Gasteiger partial charge in [0.25, 0.3) is 0 Å². The summed E-state index contributed by atoms with van der Waals surface area (Å²) in [4.78, 5) is 11.8. The van der Waals surface area contributed by atoms with Gasteiger partial charge in [-0.05, 0) is 18.2 Å². The summed E-state index contributed by atoms with van der Waals surface area (Å²) in [6, 6.07) is 10.7. The van der Waals surface area contributed by atoms with E-state index in [1.165, 1.54) is 0 Å². The summed E-state index contributed by atoms with van der Waals surface area (Å²) in [5, 5.41) is 15.3. The SMILES string of the molecule is N#CCOc1cccc(NC(=O)CCn2cccn2)c1. The van der Waals surface area contributed by atoms with E-state index in [4.69, 9.17) is 10.00 Å². The lowest BCUT2D eigenvalue weighted by Crippen LogP contribution is -2.14. The molecule has 102 valence electrons. The Kier molecular flexibility index (Phi) is 4.73. The number of rotatable bonds is 6. The molecule has 2 aromatic rings. The first-order valence-corrected chi connectivity index (χ1v) is 6.15. The normalized spacial score (nSPS) is 9.75. The Balaban J connectivity index is 1.86. The van der Waals surface area contributed by atoms with Gasteiger partial charge in [-0.2, -0.15) is 10.4 Å². The number of aryl methyl sites for hydroxylation is 1. The number of carbonyl (C=O) groups excluding carboxylic acids is 1. The Morgan fingerprint density at radius 2 is 2.35 bits per heavy atom. The van der Waals surface area contributed by atoms with Gasteiger partial charge in [0, 0.05) is 37.1 Å². The first-order chi connectivity index (χ1) is 9.78. The Hall–Kier alpha value is -2.81. The fourth-order valence-corrected chi connectivity index (χ4v) is 1.65. The first kappa shape index (κ1) is 13.6. The second kappa shape index (κ2) is 6.95. The Morgan fingerprint density at radius 3 is 3.10 bits per heavy atom. The van der Waals surface area contributed by atoms with Gasteiger partial charge in [0.2, 0.25) is 5.91 Å². The molecule has 0 radical (unpaired) electrons. The molecule has 0 unspecified atom stereocenters. The van der Waals surface area contributed by atoms with Crippen LogP contribution in [0.4, 0.5) is 5.69 Å². The van der Waals surface area contributed by atoms with E-state index in [-0.39, 0.29) is 12.5 Å². The fraction of sp³-hybridized carbons (Fsp3) is 0.214. The molecule has 1 amide bonds. The van der Waals surface area contributed by atoms with Crippen LogP contribution >= 0.6 is 0 Å². The van der Waals surface area contributed by atoms with Crippen LogP contribution in [0.25, 0.3) is 0 Å². The van der Waals surface area contributed by atoms with Crippen LogP contribution in [0, 0.1) is 11.3 Å². The smallest absolute Gasteiger partial charge is 0.226 e. The third-order valence-electron chi connectivity index (χ3n) is 2.55. The van der Waals surface area contributed by atoms with Gasteiger partial charge in [-0.25, -0.2) is 0 Å². The predicted octanol–water partition coefficient (Wildman–Crippen LogP) is 1.81. The Bertz CT molecular complexity index is 602. The highest BCUT2D eigenvalue weighted by molar-refractivity contribution is 5.90. The van der Waals surface area contributed by atoms with Crippen LogP contribution in [0.2, 0.25) is 0 Å². The monoisotopic (exact) mass is 270 g/mol. The summed E-state index contributed by atoms with van der Waals surface area (Å²) < 4.78 is 6.87. The predicted molar refractivity (Wildman–Crippen MR) is 73.0 cm³/mol. The lowest BCUT2D eigenvalue weighted by Gasteiger charge is -2.07. The molecule has 6 nitrogen and oxygen atoms in total. The molecule has 0 aliphatic heterocycles. The average molecular weight is 270 g/mol. The minimum atomic E-state index is -0.0991. The maximum atomic E-state index is 11.8. The zero-order valence-corrected chi connectivity index (χ0v) is 10.8. The molecule has 1 aromatic carbocycles. The Morgan fingerprint density at radius 1 is 1.45 bits per heavy atom. The molecule has 20 heavy (non-hydrogen) atoms. The molecule has 0 fully saturated rings. The lowest BCUT2D eigenvalue weighted by atomic mass is 10.3. The van der Waals surface area contributed by atoms with Crippen molar-refractivity contribution in [1.82, 2.24) is 9.78 Å². The van der Waals surface area contributed by atoms with E-state index >= 15 is 0 Å². The Labute approximate surface area is 116 Å². The molecule has 0 saturated heterocycles. The van der Waals surface area contributed by atoms with Crippen LogP contribution in [0.15, 0.2) is 42.7 Å². The van der Waals surface area contributed by atoms with Crippen molar-refractivity contribution in [2.24, 2.45) is 0 Å². The third-order valence-corrected chi connectivity index (χ3v) is 2.55. The lowest BCUT2D eigenvalue weighted by molar-refractivity contribution is -0.116. The van der Waals surface area contributed by atoms with Gasteiger partial charge in [-0.1, -0.05) is 6.07 Å². The average Bonchev–Trinajstić information content (AvgIpc) is 2.97. The number of nitrogens with zero attached hydrogens (tertiary/aromatic N) is 3. The van der Waals surface area contributed by atoms with Crippen LogP contribution in [-0.4, -0.2) is 22.3 Å². The highest BCUT2D eigenvalue weighted by Crippen LogP contribution is 2.17. The molecule has 0 atom stereocenters. The minimum absolute atomic E-state index is 0.0172. The molecule has 1 N–H and O–H groups in total. The van der Waals surface area contributed by atoms with Crippen LogP contribution in [-0.2, 0) is 11.3 Å². The van der Waals surface area contributed by atoms with Gasteiger partial charge in [0.05, 0.1) is 0 Å². The highest BCUT2D eigenvalue weighted by atomic mass is 16.5. The van der Waals surface area contributed by atoms with Gasteiger partial charge in [-0.15, -0.1) is 0 Å². The molecular formula is C14H14N4O2. The van der Waals surface area contributed by atoms with Crippen molar-refractivity contribution in [3.05, 3.63) is 42.7 Å². The molecule has 0 bridgehead atoms. The van der Waals surface area contributed by atoms with Crippen molar-refractivity contribution >= 4 is 11.6 Å². The van der Waals surface area contributed by atoms with Crippen LogP contribution < -0.4 is 10.1 Å². The van der Waals surface area contributed by atoms with E-state index in [9.17, 15) is 4.79 Å². The van der Waals surface area contributed by atoms with Crippen molar-refractivity contribution in [3.63, 3.8) is 0 Å². The van der Waals surface area contributed by atoms with Gasteiger partial charge in [-0.3, -0.25) is 9.48 Å². The molecule has 0 saturated carbocycles. The van der Waals surface area contributed by atoms with Crippen molar-refractivity contribution < 1.29 is 9.53 Å². The number of aromatic nitrogens is 2. The van der Waals surface area contributed by atoms with E-state index in [0.717, 1.165) is 0 Å². The van der Waals surface area contributed by atoms with Crippen molar-refractivity contribution in [2.45, 2.75) is 13.0 Å². The summed E-state index contributed by atoms with van der Waals surface area (Å²) in [7, 11) is 0. The second-order valence-electron chi connectivity index (χ2n) is 4.04. The zero-order valence-electron chi connectivity index (χ0n) is 10.8. The molecule has 0 aliphatic rings. The summed E-state index contributed by atoms with van der Waals surface area (Å²) in [6.45, 7) is 0.514. The molecular weight excluding hydrogens is 256 g/mol. The van der Waals surface area contributed by atoms with Crippen molar-refractivity contribution in [1.29, 1.82) is 5.26 Å². The van der Waals surface area contributed by atoms with E-state index < -0.39 is 0 Å². The maximum absolute atomic E-state index is 11.8. The largest absolute Gasteiger partial charge is 0.479 e. The van der Waals surface area contributed by atoms with Gasteiger partial charge in [0.1, 0.15) is 11.8 Å². The number of benzene rings is 1. The topological polar surface area (TPSA) is 79.9 Å². The zero-order chi connectivity index (χ0) is 14.2. The molecule has 2 rings (SSSR count). The summed E-state index contributed by atoms with van der Waals surface area (Å²) >= 11 is 0. The van der Waals surface area contributed by atoms with Crippen LogP contribution in [0.5, 0.6) is 5.75 Å². The standard InChI is InChI=1S/C14H14N4O2/c15-6-10-20-13-4-1-3-12(11-13)17-14(19)5-9-18-8-2-7-16-18/h1-4,7-8,11H,5,9-10H2,(H,17,19). The van der Waals surface area contributed by atoms with Crippen LogP contribution in [0.1, 0.15) is 6.42 Å². The summed E-state index contributed by atoms with van der Waals surface area (Å²) in [6.07, 6.45) is 3.82. The molecule has 1 heterocycles. The number of carbonyl (C=O) groups is 1. The molecule has 1 aromatic heterocycles. The first-order valence-electron chi connectivity index (χ1n) is 6.15. The molecule has 0 aliphatic carbocycles. The summed E-state index contributed by atoms with van der Waals surface area (Å²) in [5.74, 6) is 0.453. The highest BCUT2D eigenvalue weighted by Gasteiger charge is 2.04. The van der Waals surface area contributed by atoms with Crippen LogP contribution in [0.3, 0.4) is 0 Å².